The van der Waals surface area contributed by atoms with Crippen molar-refractivity contribution in [1.82, 2.24) is 9.80 Å². The fourth-order valence-electron chi connectivity index (χ4n) is 4.27. The summed E-state index contributed by atoms with van der Waals surface area (Å²) in [6.45, 7) is 7.80. The fourth-order valence-corrected chi connectivity index (χ4v) is 4.27. The number of benzene rings is 2. The molecule has 0 aromatic heterocycles. The van der Waals surface area contributed by atoms with Gasteiger partial charge in [-0.3, -0.25) is 9.80 Å². The third-order valence-electron chi connectivity index (χ3n) is 6.01. The van der Waals surface area contributed by atoms with Crippen LogP contribution in [0.1, 0.15) is 18.4 Å². The summed E-state index contributed by atoms with van der Waals surface area (Å²) in [5, 5.41) is 14.8. The van der Waals surface area contributed by atoms with Gasteiger partial charge in [-0.05, 0) is 55.8 Å². The molecule has 0 radical (unpaired) electrons. The molecule has 2 saturated heterocycles. The number of halogens is 1. The van der Waals surface area contributed by atoms with Crippen LogP contribution in [0.4, 0.5) is 10.1 Å². The average molecular weight is 444 g/mol. The highest BCUT2D eigenvalue weighted by Crippen LogP contribution is 2.22. The molecule has 8 heteroatoms. The number of aliphatic carboxylic acids is 2. The molecular weight excluding hydrogens is 413 g/mol. The van der Waals surface area contributed by atoms with Crippen LogP contribution >= 0.6 is 0 Å². The Labute approximate surface area is 187 Å². The standard InChI is InChI=1S/C22H28FN3.C2H2O4/c23-20-8-6-19(7-9-20)18-24-12-10-22(11-13-24)26-16-14-25(15-17-26)21-4-2-1-3-5-21;3-1(4)2(5)6/h1-9,22H,10-18H2;(H,3,4)(H,5,6). The highest BCUT2D eigenvalue weighted by Gasteiger charge is 2.27. The van der Waals surface area contributed by atoms with E-state index in [0.29, 0.717) is 0 Å². The van der Waals surface area contributed by atoms with Crippen molar-refractivity contribution in [3.8, 4) is 0 Å². The molecular formula is C24H30FN3O4. The first-order chi connectivity index (χ1) is 15.4. The Morgan fingerprint density at radius 2 is 1.38 bits per heavy atom. The van der Waals surface area contributed by atoms with E-state index in [1.165, 1.54) is 24.1 Å². The fraction of sp³-hybridized carbons (Fsp3) is 0.417. The third kappa shape index (κ3) is 7.03. The zero-order valence-electron chi connectivity index (χ0n) is 18.1. The zero-order chi connectivity index (χ0) is 22.9. The van der Waals surface area contributed by atoms with Gasteiger partial charge in [0.1, 0.15) is 5.82 Å². The van der Waals surface area contributed by atoms with Crippen LogP contribution in [0, 0.1) is 5.82 Å². The molecule has 2 aliphatic rings. The molecule has 2 aromatic rings. The predicted octanol–water partition coefficient (Wildman–Crippen LogP) is 2.77. The van der Waals surface area contributed by atoms with Crippen molar-refractivity contribution in [3.05, 3.63) is 66.0 Å². The van der Waals surface area contributed by atoms with Gasteiger partial charge in [-0.25, -0.2) is 14.0 Å². The van der Waals surface area contributed by atoms with Gasteiger partial charge in [-0.1, -0.05) is 30.3 Å². The van der Waals surface area contributed by atoms with E-state index in [-0.39, 0.29) is 5.82 Å². The van der Waals surface area contributed by atoms with E-state index < -0.39 is 11.9 Å². The Morgan fingerprint density at radius 1 is 0.812 bits per heavy atom. The molecule has 0 atom stereocenters. The third-order valence-corrected chi connectivity index (χ3v) is 6.01. The molecule has 0 aliphatic carbocycles. The van der Waals surface area contributed by atoms with Crippen molar-refractivity contribution >= 4 is 17.6 Å². The van der Waals surface area contributed by atoms with Gasteiger partial charge in [0.05, 0.1) is 0 Å². The first-order valence-electron chi connectivity index (χ1n) is 10.9. The van der Waals surface area contributed by atoms with Crippen molar-refractivity contribution in [2.24, 2.45) is 0 Å². The minimum atomic E-state index is -1.82. The lowest BCUT2D eigenvalue weighted by Crippen LogP contribution is -2.53. The number of hydrogen-bond donors (Lipinski definition) is 2. The molecule has 172 valence electrons. The van der Waals surface area contributed by atoms with E-state index in [4.69, 9.17) is 19.8 Å². The Bertz CT molecular complexity index is 851. The van der Waals surface area contributed by atoms with E-state index in [9.17, 15) is 4.39 Å². The van der Waals surface area contributed by atoms with Crippen molar-refractivity contribution in [2.45, 2.75) is 25.4 Å². The summed E-state index contributed by atoms with van der Waals surface area (Å²) < 4.78 is 13.0. The second kappa shape index (κ2) is 11.6. The van der Waals surface area contributed by atoms with Crippen molar-refractivity contribution in [2.75, 3.05) is 44.2 Å². The van der Waals surface area contributed by atoms with Crippen molar-refractivity contribution in [1.29, 1.82) is 0 Å². The lowest BCUT2D eigenvalue weighted by molar-refractivity contribution is -0.159. The molecule has 2 aromatic carbocycles. The first-order valence-corrected chi connectivity index (χ1v) is 10.9. The topological polar surface area (TPSA) is 84.3 Å². The summed E-state index contributed by atoms with van der Waals surface area (Å²) in [5.41, 5.74) is 2.56. The minimum absolute atomic E-state index is 0.151. The van der Waals surface area contributed by atoms with Crippen LogP contribution in [0.25, 0.3) is 0 Å². The molecule has 0 unspecified atom stereocenters. The quantitative estimate of drug-likeness (QED) is 0.703. The number of carboxylic acids is 2. The molecule has 0 amide bonds. The Kier molecular flexibility index (Phi) is 8.58. The van der Waals surface area contributed by atoms with Gasteiger partial charge in [0.2, 0.25) is 0 Å². The molecule has 4 rings (SSSR count). The molecule has 0 bridgehead atoms. The molecule has 32 heavy (non-hydrogen) atoms. The summed E-state index contributed by atoms with van der Waals surface area (Å²) in [5.74, 6) is -3.80. The van der Waals surface area contributed by atoms with Gasteiger partial charge in [0, 0.05) is 44.5 Å². The normalized spacial score (nSPS) is 18.0. The minimum Gasteiger partial charge on any atom is -0.473 e. The highest BCUT2D eigenvalue weighted by molar-refractivity contribution is 6.27. The zero-order valence-corrected chi connectivity index (χ0v) is 18.1. The lowest BCUT2D eigenvalue weighted by Gasteiger charge is -2.43. The summed E-state index contributed by atoms with van der Waals surface area (Å²) in [6, 6.07) is 18.4. The number of anilines is 1. The lowest BCUT2D eigenvalue weighted by atomic mass is 10.0. The van der Waals surface area contributed by atoms with Gasteiger partial charge >= 0.3 is 11.9 Å². The molecule has 2 aliphatic heterocycles. The van der Waals surface area contributed by atoms with Crippen LogP contribution in [-0.2, 0) is 16.1 Å². The molecule has 0 saturated carbocycles. The Morgan fingerprint density at radius 3 is 1.91 bits per heavy atom. The Hall–Kier alpha value is -2.97. The van der Waals surface area contributed by atoms with E-state index >= 15 is 0 Å². The number of para-hydroxylation sites is 1. The number of likely N-dealkylation sites (tertiary alicyclic amines) is 1. The van der Waals surface area contributed by atoms with Crippen LogP contribution in [0.3, 0.4) is 0 Å². The average Bonchev–Trinajstić information content (AvgIpc) is 2.82. The van der Waals surface area contributed by atoms with E-state index in [1.807, 2.05) is 12.1 Å². The van der Waals surface area contributed by atoms with Gasteiger partial charge in [-0.2, -0.15) is 0 Å². The van der Waals surface area contributed by atoms with E-state index in [2.05, 4.69) is 45.0 Å². The van der Waals surface area contributed by atoms with Gasteiger partial charge < -0.3 is 15.1 Å². The van der Waals surface area contributed by atoms with Crippen LogP contribution in [0.2, 0.25) is 0 Å². The number of nitrogens with zero attached hydrogens (tertiary/aromatic N) is 3. The van der Waals surface area contributed by atoms with E-state index in [0.717, 1.165) is 51.9 Å². The number of carboxylic acid groups (broad SMARTS) is 2. The maximum absolute atomic E-state index is 13.0. The number of carbonyl (C=O) groups is 2. The van der Waals surface area contributed by atoms with Crippen LogP contribution in [0.5, 0.6) is 0 Å². The first kappa shape index (κ1) is 23.7. The summed E-state index contributed by atoms with van der Waals surface area (Å²) in [4.78, 5) is 25.9. The number of piperidine rings is 1. The van der Waals surface area contributed by atoms with Crippen LogP contribution in [-0.4, -0.2) is 77.3 Å². The summed E-state index contributed by atoms with van der Waals surface area (Å²) in [6.07, 6.45) is 2.49. The highest BCUT2D eigenvalue weighted by atomic mass is 19.1. The number of piperazine rings is 1. The molecule has 0 spiro atoms. The monoisotopic (exact) mass is 443 g/mol. The maximum Gasteiger partial charge on any atom is 0.414 e. The number of rotatable bonds is 4. The maximum atomic E-state index is 13.0. The van der Waals surface area contributed by atoms with Gasteiger partial charge in [0.25, 0.3) is 0 Å². The largest absolute Gasteiger partial charge is 0.473 e. The summed E-state index contributed by atoms with van der Waals surface area (Å²) in [7, 11) is 0. The number of hydrogen-bond acceptors (Lipinski definition) is 5. The van der Waals surface area contributed by atoms with Gasteiger partial charge in [0.15, 0.2) is 0 Å². The second-order valence-corrected chi connectivity index (χ2v) is 8.10. The van der Waals surface area contributed by atoms with Crippen LogP contribution in [0.15, 0.2) is 54.6 Å². The van der Waals surface area contributed by atoms with Gasteiger partial charge in [-0.15, -0.1) is 0 Å². The van der Waals surface area contributed by atoms with Crippen molar-refractivity contribution in [3.63, 3.8) is 0 Å². The molecule has 2 heterocycles. The SMILES string of the molecule is Fc1ccc(CN2CCC(N3CCN(c4ccccc4)CC3)CC2)cc1.O=C(O)C(=O)O. The second-order valence-electron chi connectivity index (χ2n) is 8.10. The summed E-state index contributed by atoms with van der Waals surface area (Å²) >= 11 is 0. The van der Waals surface area contributed by atoms with Crippen LogP contribution < -0.4 is 4.90 Å². The smallest absolute Gasteiger partial charge is 0.414 e. The van der Waals surface area contributed by atoms with Crippen molar-refractivity contribution < 1.29 is 24.2 Å². The predicted molar refractivity (Wildman–Crippen MR) is 120 cm³/mol. The van der Waals surface area contributed by atoms with E-state index in [1.54, 1.807) is 12.1 Å². The molecule has 7 nitrogen and oxygen atoms in total. The Balaban J connectivity index is 0.000000427. The molecule has 2 N–H and O–H groups in total. The molecule has 2 fully saturated rings.